The highest BCUT2D eigenvalue weighted by atomic mass is 16.5. The molecule has 0 amide bonds. The molecule has 2 saturated carbocycles. The molecule has 0 radical (unpaired) electrons. The van der Waals surface area contributed by atoms with Crippen LogP contribution in [0, 0.1) is 11.8 Å². The summed E-state index contributed by atoms with van der Waals surface area (Å²) in [6.45, 7) is 2.00. The number of carbonyl (C=O) groups is 1. The number of carbonyl (C=O) groups excluding carboxylic acids is 1. The third-order valence-electron chi connectivity index (χ3n) is 6.84. The lowest BCUT2D eigenvalue weighted by Gasteiger charge is -2.43. The first-order valence-electron chi connectivity index (χ1n) is 10.2. The van der Waals surface area contributed by atoms with Crippen molar-refractivity contribution in [2.24, 2.45) is 17.6 Å². The number of methoxy groups -OCH3 is 1. The summed E-state index contributed by atoms with van der Waals surface area (Å²) in [5.74, 6) is 1.63. The van der Waals surface area contributed by atoms with Gasteiger partial charge in [0.25, 0.3) is 0 Å². The first kappa shape index (κ1) is 17.8. The lowest BCUT2D eigenvalue weighted by atomic mass is 9.76. The van der Waals surface area contributed by atoms with Gasteiger partial charge in [0.2, 0.25) is 0 Å². The maximum absolute atomic E-state index is 12.2. The number of ether oxygens (including phenoxy) is 2. The number of rotatable bonds is 4. The van der Waals surface area contributed by atoms with E-state index in [9.17, 15) is 4.79 Å². The highest BCUT2D eigenvalue weighted by Gasteiger charge is 2.42. The molecule has 1 aromatic carbocycles. The molecule has 1 aromatic rings. The standard InChI is InChI=1S/C22H31NO3/c1-14(21(24)25-2)20(16-4-5-16)17-6-3-15-7-10-22(26-19(15)13-17)11-8-18(23)9-12-22/h3,6,13-14,16,18,20H,4-5,7-12,23H2,1-2H3. The molecule has 142 valence electrons. The first-order chi connectivity index (χ1) is 12.5. The minimum atomic E-state index is -0.115. The van der Waals surface area contributed by atoms with Crippen molar-refractivity contribution in [2.45, 2.75) is 75.9 Å². The van der Waals surface area contributed by atoms with Gasteiger partial charge in [-0.25, -0.2) is 0 Å². The summed E-state index contributed by atoms with van der Waals surface area (Å²) < 4.78 is 11.6. The van der Waals surface area contributed by atoms with Crippen molar-refractivity contribution in [3.63, 3.8) is 0 Å². The van der Waals surface area contributed by atoms with Crippen LogP contribution in [0.2, 0.25) is 0 Å². The van der Waals surface area contributed by atoms with E-state index >= 15 is 0 Å². The van der Waals surface area contributed by atoms with Gasteiger partial charge in [0.05, 0.1) is 13.0 Å². The number of hydrogen-bond donors (Lipinski definition) is 1. The molecule has 0 bridgehead atoms. The Kier molecular flexibility index (Phi) is 4.72. The number of esters is 1. The highest BCUT2D eigenvalue weighted by Crippen LogP contribution is 2.49. The topological polar surface area (TPSA) is 61.5 Å². The van der Waals surface area contributed by atoms with E-state index in [1.54, 1.807) is 0 Å². The summed E-state index contributed by atoms with van der Waals surface area (Å²) in [4.78, 5) is 12.2. The summed E-state index contributed by atoms with van der Waals surface area (Å²) in [5, 5.41) is 0. The molecule has 2 aliphatic carbocycles. The molecular formula is C22H31NO3. The normalized spacial score (nSPS) is 30.2. The predicted molar refractivity (Wildman–Crippen MR) is 101 cm³/mol. The van der Waals surface area contributed by atoms with Crippen molar-refractivity contribution in [1.29, 1.82) is 0 Å². The van der Waals surface area contributed by atoms with E-state index < -0.39 is 0 Å². The number of benzene rings is 1. The Morgan fingerprint density at radius 2 is 1.96 bits per heavy atom. The molecule has 2 fully saturated rings. The van der Waals surface area contributed by atoms with E-state index in [0.717, 1.165) is 44.3 Å². The largest absolute Gasteiger partial charge is 0.487 e. The molecule has 0 saturated heterocycles. The lowest BCUT2D eigenvalue weighted by molar-refractivity contribution is -0.145. The Balaban J connectivity index is 1.59. The quantitative estimate of drug-likeness (QED) is 0.829. The summed E-state index contributed by atoms with van der Waals surface area (Å²) in [7, 11) is 1.48. The van der Waals surface area contributed by atoms with Crippen molar-refractivity contribution >= 4 is 5.97 Å². The lowest BCUT2D eigenvalue weighted by Crippen LogP contribution is -2.45. The molecule has 2 unspecified atom stereocenters. The zero-order valence-corrected chi connectivity index (χ0v) is 16.0. The van der Waals surface area contributed by atoms with Gasteiger partial charge in [-0.05, 0) is 80.4 Å². The fourth-order valence-electron chi connectivity index (χ4n) is 5.00. The molecule has 2 N–H and O–H groups in total. The molecule has 2 atom stereocenters. The van der Waals surface area contributed by atoms with Crippen molar-refractivity contribution in [2.75, 3.05) is 7.11 Å². The summed E-state index contributed by atoms with van der Waals surface area (Å²) >= 11 is 0. The van der Waals surface area contributed by atoms with Gasteiger partial charge in [-0.15, -0.1) is 0 Å². The van der Waals surface area contributed by atoms with E-state index in [1.807, 2.05) is 6.92 Å². The van der Waals surface area contributed by atoms with Gasteiger partial charge in [-0.3, -0.25) is 4.79 Å². The van der Waals surface area contributed by atoms with E-state index in [0.29, 0.717) is 12.0 Å². The molecule has 4 nitrogen and oxygen atoms in total. The van der Waals surface area contributed by atoms with Gasteiger partial charge in [-0.2, -0.15) is 0 Å². The second kappa shape index (κ2) is 6.88. The van der Waals surface area contributed by atoms with Crippen LogP contribution in [0.15, 0.2) is 18.2 Å². The molecule has 4 rings (SSSR count). The monoisotopic (exact) mass is 357 g/mol. The Morgan fingerprint density at radius 3 is 2.62 bits per heavy atom. The molecule has 1 heterocycles. The van der Waals surface area contributed by atoms with E-state index in [4.69, 9.17) is 15.2 Å². The Bertz CT molecular complexity index is 674. The summed E-state index contributed by atoms with van der Waals surface area (Å²) in [5.41, 5.74) is 8.61. The van der Waals surface area contributed by atoms with Crippen molar-refractivity contribution in [3.8, 4) is 5.75 Å². The minimum absolute atomic E-state index is 0.0233. The zero-order chi connectivity index (χ0) is 18.3. The van der Waals surface area contributed by atoms with Crippen LogP contribution >= 0.6 is 0 Å². The predicted octanol–water partition coefficient (Wildman–Crippen LogP) is 3.95. The molecule has 0 aromatic heterocycles. The molecule has 3 aliphatic rings. The average molecular weight is 357 g/mol. The smallest absolute Gasteiger partial charge is 0.309 e. The third kappa shape index (κ3) is 3.36. The fraction of sp³-hybridized carbons (Fsp3) is 0.682. The average Bonchev–Trinajstić information content (AvgIpc) is 3.48. The van der Waals surface area contributed by atoms with Crippen LogP contribution in [0.4, 0.5) is 0 Å². The number of nitrogens with two attached hydrogens (primary N) is 1. The van der Waals surface area contributed by atoms with E-state index in [1.165, 1.54) is 31.1 Å². The van der Waals surface area contributed by atoms with Crippen molar-refractivity contribution in [3.05, 3.63) is 29.3 Å². The van der Waals surface area contributed by atoms with E-state index in [2.05, 4.69) is 18.2 Å². The van der Waals surface area contributed by atoms with Crippen molar-refractivity contribution < 1.29 is 14.3 Å². The molecule has 26 heavy (non-hydrogen) atoms. The van der Waals surface area contributed by atoms with E-state index in [-0.39, 0.29) is 23.4 Å². The molecule has 1 aliphatic heterocycles. The number of aryl methyl sites for hydroxylation is 1. The second-order valence-electron chi connectivity index (χ2n) is 8.66. The Labute approximate surface area is 156 Å². The molecule has 1 spiro atoms. The number of hydrogen-bond acceptors (Lipinski definition) is 4. The number of fused-ring (bicyclic) bond motifs is 1. The third-order valence-corrected chi connectivity index (χ3v) is 6.84. The van der Waals surface area contributed by atoms with Gasteiger partial charge >= 0.3 is 5.97 Å². The van der Waals surface area contributed by atoms with Crippen LogP contribution in [0.1, 0.15) is 68.9 Å². The van der Waals surface area contributed by atoms with Gasteiger partial charge in [0.1, 0.15) is 11.4 Å². The van der Waals surface area contributed by atoms with Crippen LogP contribution < -0.4 is 10.5 Å². The van der Waals surface area contributed by atoms with Gasteiger partial charge < -0.3 is 15.2 Å². The van der Waals surface area contributed by atoms with Gasteiger partial charge in [0.15, 0.2) is 0 Å². The maximum atomic E-state index is 12.2. The van der Waals surface area contributed by atoms with Gasteiger partial charge in [-0.1, -0.05) is 19.1 Å². The van der Waals surface area contributed by atoms with Crippen LogP contribution in [0.5, 0.6) is 5.75 Å². The Hall–Kier alpha value is -1.55. The zero-order valence-electron chi connectivity index (χ0n) is 16.0. The van der Waals surface area contributed by atoms with Crippen LogP contribution in [-0.2, 0) is 16.0 Å². The first-order valence-corrected chi connectivity index (χ1v) is 10.2. The van der Waals surface area contributed by atoms with Gasteiger partial charge in [0, 0.05) is 6.04 Å². The summed E-state index contributed by atoms with van der Waals surface area (Å²) in [6, 6.07) is 6.97. The summed E-state index contributed by atoms with van der Waals surface area (Å²) in [6.07, 6.45) is 8.79. The Morgan fingerprint density at radius 1 is 1.23 bits per heavy atom. The fourth-order valence-corrected chi connectivity index (χ4v) is 5.00. The minimum Gasteiger partial charge on any atom is -0.487 e. The van der Waals surface area contributed by atoms with Crippen LogP contribution in [0.25, 0.3) is 0 Å². The van der Waals surface area contributed by atoms with Crippen molar-refractivity contribution in [1.82, 2.24) is 0 Å². The SMILES string of the molecule is COC(=O)C(C)C(c1ccc2c(c1)OC1(CC2)CCC(N)CC1)C1CC1. The van der Waals surface area contributed by atoms with Crippen LogP contribution in [0.3, 0.4) is 0 Å². The molecule has 4 heteroatoms. The molecular weight excluding hydrogens is 326 g/mol. The highest BCUT2D eigenvalue weighted by molar-refractivity contribution is 5.73. The van der Waals surface area contributed by atoms with Crippen LogP contribution in [-0.4, -0.2) is 24.7 Å². The second-order valence-corrected chi connectivity index (χ2v) is 8.66. The maximum Gasteiger partial charge on any atom is 0.309 e.